The van der Waals surface area contributed by atoms with E-state index in [1.807, 2.05) is 0 Å². The first kappa shape index (κ1) is 27.0. The van der Waals surface area contributed by atoms with Crippen molar-refractivity contribution in [3.05, 3.63) is 64.7 Å². The van der Waals surface area contributed by atoms with Crippen molar-refractivity contribution in [2.75, 3.05) is 25.0 Å². The van der Waals surface area contributed by atoms with Crippen LogP contribution in [0.5, 0.6) is 0 Å². The lowest BCUT2D eigenvalue weighted by atomic mass is 10.0. The maximum atomic E-state index is 13.3. The minimum atomic E-state index is -0.978. The van der Waals surface area contributed by atoms with E-state index in [0.29, 0.717) is 24.3 Å². The van der Waals surface area contributed by atoms with Crippen molar-refractivity contribution in [2.45, 2.75) is 64.8 Å². The second kappa shape index (κ2) is 11.7. The third kappa shape index (κ3) is 6.04. The Hall–Kier alpha value is -3.56. The van der Waals surface area contributed by atoms with Crippen LogP contribution in [0.3, 0.4) is 0 Å². The first-order valence-corrected chi connectivity index (χ1v) is 13.8. The molecule has 5 rings (SSSR count). The van der Waals surface area contributed by atoms with Crippen molar-refractivity contribution in [3.63, 3.8) is 0 Å². The van der Waals surface area contributed by atoms with Crippen LogP contribution in [-0.4, -0.2) is 65.3 Å². The molecule has 4 amide bonds. The molecule has 9 nitrogen and oxygen atoms in total. The summed E-state index contributed by atoms with van der Waals surface area (Å²) in [5, 5.41) is 5.53. The highest BCUT2D eigenvalue weighted by atomic mass is 16.5. The Bertz CT molecular complexity index is 1250. The summed E-state index contributed by atoms with van der Waals surface area (Å²) in [5.41, 5.74) is 3.39. The van der Waals surface area contributed by atoms with Gasteiger partial charge in [0.2, 0.25) is 11.8 Å². The fourth-order valence-corrected chi connectivity index (χ4v) is 5.44. The maximum Gasteiger partial charge on any atom is 0.264 e. The lowest BCUT2D eigenvalue weighted by Crippen LogP contribution is -2.54. The van der Waals surface area contributed by atoms with Crippen LogP contribution in [0.25, 0.3) is 0 Å². The van der Waals surface area contributed by atoms with Crippen molar-refractivity contribution in [1.29, 1.82) is 0 Å². The number of anilines is 1. The highest BCUT2D eigenvalue weighted by molar-refractivity contribution is 6.25. The zero-order valence-corrected chi connectivity index (χ0v) is 22.6. The lowest BCUT2D eigenvalue weighted by Gasteiger charge is -2.32. The molecule has 206 valence electrons. The van der Waals surface area contributed by atoms with E-state index in [9.17, 15) is 19.2 Å². The number of amides is 4. The summed E-state index contributed by atoms with van der Waals surface area (Å²) in [6, 6.07) is 12.5. The number of nitrogens with zero attached hydrogens (tertiary/aromatic N) is 2. The van der Waals surface area contributed by atoms with Gasteiger partial charge in [0.25, 0.3) is 11.8 Å². The number of piperidine rings is 2. The molecule has 3 aliphatic rings. The lowest BCUT2D eigenvalue weighted by molar-refractivity contribution is -0.136. The Balaban J connectivity index is 1.17. The second-order valence-electron chi connectivity index (χ2n) is 11.0. The van der Waals surface area contributed by atoms with Gasteiger partial charge in [0.05, 0.1) is 17.2 Å². The van der Waals surface area contributed by atoms with Gasteiger partial charge in [-0.3, -0.25) is 34.3 Å². The van der Waals surface area contributed by atoms with Crippen LogP contribution in [-0.2, 0) is 27.4 Å². The molecular formula is C30H36N4O5. The number of imide groups is 2. The predicted octanol–water partition coefficient (Wildman–Crippen LogP) is 3.34. The van der Waals surface area contributed by atoms with Crippen molar-refractivity contribution < 1.29 is 23.9 Å². The first-order chi connectivity index (χ1) is 18.8. The second-order valence-corrected chi connectivity index (χ2v) is 11.0. The van der Waals surface area contributed by atoms with Crippen molar-refractivity contribution >= 4 is 29.3 Å². The number of hydrogen-bond acceptors (Lipinski definition) is 7. The predicted molar refractivity (Wildman–Crippen MR) is 146 cm³/mol. The molecule has 0 aliphatic carbocycles. The van der Waals surface area contributed by atoms with E-state index >= 15 is 0 Å². The van der Waals surface area contributed by atoms with Crippen molar-refractivity contribution in [1.82, 2.24) is 15.1 Å². The number of fused-ring (bicyclic) bond motifs is 1. The number of carbonyl (C=O) groups is 4. The largest absolute Gasteiger partial charge is 0.380 e. The smallest absolute Gasteiger partial charge is 0.264 e. The third-order valence-electron chi connectivity index (χ3n) is 7.58. The molecule has 3 heterocycles. The number of benzene rings is 2. The fourth-order valence-electron chi connectivity index (χ4n) is 5.44. The Morgan fingerprint density at radius 1 is 0.949 bits per heavy atom. The van der Waals surface area contributed by atoms with Gasteiger partial charge < -0.3 is 10.1 Å². The van der Waals surface area contributed by atoms with Gasteiger partial charge >= 0.3 is 0 Å². The summed E-state index contributed by atoms with van der Waals surface area (Å²) in [5.74, 6) is -1.46. The fraction of sp³-hybridized carbons (Fsp3) is 0.467. The zero-order chi connectivity index (χ0) is 27.5. The van der Waals surface area contributed by atoms with Crippen LogP contribution in [0.15, 0.2) is 42.5 Å². The van der Waals surface area contributed by atoms with E-state index < -0.39 is 29.7 Å². The molecule has 9 heteroatoms. The molecule has 2 N–H and O–H groups in total. The molecule has 2 saturated heterocycles. The topological polar surface area (TPSA) is 108 Å². The van der Waals surface area contributed by atoms with Crippen LogP contribution >= 0.6 is 0 Å². The minimum absolute atomic E-state index is 0.0932. The molecule has 0 radical (unpaired) electrons. The number of nitrogens with one attached hydrogen (secondary N) is 2. The summed E-state index contributed by atoms with van der Waals surface area (Å²) < 4.78 is 6.00. The average Bonchev–Trinajstić information content (AvgIpc) is 3.18. The minimum Gasteiger partial charge on any atom is -0.380 e. The van der Waals surface area contributed by atoms with E-state index in [1.54, 1.807) is 18.2 Å². The SMILES string of the molecule is CC(C)COC1CCN(Cc2ccc(CNc3cccc4c3C(=O)N(C3CCC(=O)NC3=O)C4=O)cc2)CC1. The number of carbonyl (C=O) groups excluding carboxylic acids is 4. The monoisotopic (exact) mass is 532 g/mol. The van der Waals surface area contributed by atoms with Crippen LogP contribution in [0, 0.1) is 5.92 Å². The molecule has 2 aromatic carbocycles. The first-order valence-electron chi connectivity index (χ1n) is 13.8. The molecular weight excluding hydrogens is 496 g/mol. The summed E-state index contributed by atoms with van der Waals surface area (Å²) in [4.78, 5) is 53.6. The van der Waals surface area contributed by atoms with E-state index in [0.717, 1.165) is 49.5 Å². The number of likely N-dealkylation sites (tertiary alicyclic amines) is 1. The molecule has 0 bridgehead atoms. The standard InChI is InChI=1S/C30H36N4O5/c1-19(2)18-39-22-12-14-33(15-13-22)17-21-8-6-20(7-9-21)16-31-24-5-3-4-23-27(24)30(38)34(29(23)37)25-10-11-26(35)32-28(25)36/h3-9,19,22,25,31H,10-18H2,1-2H3,(H,32,35,36). The van der Waals surface area contributed by atoms with Gasteiger partial charge in [-0.25, -0.2) is 0 Å². The van der Waals surface area contributed by atoms with E-state index in [-0.39, 0.29) is 24.0 Å². The summed E-state index contributed by atoms with van der Waals surface area (Å²) in [6.45, 7) is 8.65. The Morgan fingerprint density at radius 2 is 1.67 bits per heavy atom. The Labute approximate surface area is 228 Å². The van der Waals surface area contributed by atoms with Gasteiger partial charge in [-0.05, 0) is 48.4 Å². The molecule has 2 aromatic rings. The van der Waals surface area contributed by atoms with Crippen molar-refractivity contribution in [3.8, 4) is 0 Å². The summed E-state index contributed by atoms with van der Waals surface area (Å²) in [7, 11) is 0. The van der Waals surface area contributed by atoms with Crippen LogP contribution in [0.1, 0.15) is 71.4 Å². The molecule has 3 aliphatic heterocycles. The molecule has 0 aromatic heterocycles. The van der Waals surface area contributed by atoms with Gasteiger partial charge in [-0.15, -0.1) is 0 Å². The van der Waals surface area contributed by atoms with E-state index in [4.69, 9.17) is 4.74 Å². The quantitative estimate of drug-likeness (QED) is 0.477. The van der Waals surface area contributed by atoms with Gasteiger partial charge in [0, 0.05) is 44.9 Å². The third-order valence-corrected chi connectivity index (χ3v) is 7.58. The normalized spacial score (nSPS) is 20.5. The van der Waals surface area contributed by atoms with Gasteiger partial charge in [0.1, 0.15) is 6.04 Å². The molecule has 2 fully saturated rings. The van der Waals surface area contributed by atoms with Gasteiger partial charge in [0.15, 0.2) is 0 Å². The number of ether oxygens (including phenoxy) is 1. The van der Waals surface area contributed by atoms with E-state index in [2.05, 4.69) is 53.6 Å². The van der Waals surface area contributed by atoms with E-state index in [1.165, 1.54) is 5.56 Å². The number of hydrogen-bond donors (Lipinski definition) is 2. The summed E-state index contributed by atoms with van der Waals surface area (Å²) in [6.07, 6.45) is 2.73. The molecule has 39 heavy (non-hydrogen) atoms. The number of rotatable bonds is 9. The zero-order valence-electron chi connectivity index (χ0n) is 22.6. The van der Waals surface area contributed by atoms with Crippen molar-refractivity contribution in [2.24, 2.45) is 5.92 Å². The van der Waals surface area contributed by atoms with Crippen LogP contribution in [0.4, 0.5) is 5.69 Å². The maximum absolute atomic E-state index is 13.3. The molecule has 0 saturated carbocycles. The molecule has 0 spiro atoms. The highest BCUT2D eigenvalue weighted by Gasteiger charge is 2.45. The molecule has 1 unspecified atom stereocenters. The van der Waals surface area contributed by atoms with Gasteiger partial charge in [-0.2, -0.15) is 0 Å². The molecule has 1 atom stereocenters. The Kier molecular flexibility index (Phi) is 8.09. The summed E-state index contributed by atoms with van der Waals surface area (Å²) >= 11 is 0. The van der Waals surface area contributed by atoms with Crippen LogP contribution in [0.2, 0.25) is 0 Å². The average molecular weight is 533 g/mol. The Morgan fingerprint density at radius 3 is 2.36 bits per heavy atom. The van der Waals surface area contributed by atoms with Gasteiger partial charge in [-0.1, -0.05) is 44.2 Å². The highest BCUT2D eigenvalue weighted by Crippen LogP contribution is 2.32. The van der Waals surface area contributed by atoms with Crippen LogP contribution < -0.4 is 10.6 Å².